The zero-order chi connectivity index (χ0) is 15.1. The second-order valence-corrected chi connectivity index (χ2v) is 4.77. The first-order valence-electron chi connectivity index (χ1n) is 6.72. The number of nitro benzene ring substituents is 1. The van der Waals surface area contributed by atoms with E-state index in [9.17, 15) is 14.9 Å². The quantitative estimate of drug-likeness (QED) is 0.615. The van der Waals surface area contributed by atoms with E-state index >= 15 is 0 Å². The molecule has 1 unspecified atom stereocenters. The molecule has 1 aromatic rings. The molecule has 0 spiro atoms. The molecule has 6 nitrogen and oxygen atoms in total. The Bertz CT molecular complexity index is 476. The zero-order valence-corrected chi connectivity index (χ0v) is 12.1. The van der Waals surface area contributed by atoms with Crippen LogP contribution in [0, 0.1) is 10.1 Å². The van der Waals surface area contributed by atoms with Crippen LogP contribution in [0.25, 0.3) is 0 Å². The predicted molar refractivity (Wildman–Crippen MR) is 78.7 cm³/mol. The molecule has 0 heterocycles. The summed E-state index contributed by atoms with van der Waals surface area (Å²) in [6, 6.07) is 5.82. The van der Waals surface area contributed by atoms with Crippen molar-refractivity contribution in [2.24, 2.45) is 0 Å². The summed E-state index contributed by atoms with van der Waals surface area (Å²) in [7, 11) is 1.87. The first-order chi connectivity index (χ1) is 9.47. The number of anilines is 1. The van der Waals surface area contributed by atoms with Crippen molar-refractivity contribution >= 4 is 17.3 Å². The highest BCUT2D eigenvalue weighted by atomic mass is 16.6. The number of likely N-dealkylation sites (N-methyl/N-ethyl adjacent to an activating group) is 1. The second kappa shape index (κ2) is 7.59. The molecule has 0 aliphatic heterocycles. The molecule has 20 heavy (non-hydrogen) atoms. The maximum absolute atomic E-state index is 12.1. The number of para-hydroxylation sites is 2. The fourth-order valence-corrected chi connectivity index (χ4v) is 1.78. The average Bonchev–Trinajstić information content (AvgIpc) is 2.44. The molecule has 1 atom stereocenters. The summed E-state index contributed by atoms with van der Waals surface area (Å²) in [6.45, 7) is 4.70. The molecule has 0 saturated carbocycles. The van der Waals surface area contributed by atoms with Gasteiger partial charge in [-0.1, -0.05) is 25.5 Å². The summed E-state index contributed by atoms with van der Waals surface area (Å²) in [5.74, 6) is -0.238. The third-order valence-electron chi connectivity index (χ3n) is 3.26. The second-order valence-electron chi connectivity index (χ2n) is 4.77. The number of nitrogens with zero attached hydrogens (tertiary/aromatic N) is 2. The molecule has 0 radical (unpaired) electrons. The number of carbonyl (C=O) groups excluding carboxylic acids is 1. The van der Waals surface area contributed by atoms with E-state index in [1.165, 1.54) is 12.1 Å². The molecule has 0 aromatic heterocycles. The van der Waals surface area contributed by atoms with Crippen molar-refractivity contribution in [2.45, 2.75) is 32.7 Å². The summed E-state index contributed by atoms with van der Waals surface area (Å²) in [4.78, 5) is 24.4. The lowest BCUT2D eigenvalue weighted by Gasteiger charge is -2.23. The summed E-state index contributed by atoms with van der Waals surface area (Å²) >= 11 is 0. The lowest BCUT2D eigenvalue weighted by atomic mass is 10.2. The molecule has 110 valence electrons. The highest BCUT2D eigenvalue weighted by Crippen LogP contribution is 2.23. The molecular formula is C14H21N3O3. The molecule has 0 saturated heterocycles. The van der Waals surface area contributed by atoms with Gasteiger partial charge in [-0.3, -0.25) is 19.8 Å². The van der Waals surface area contributed by atoms with Gasteiger partial charge in [0.25, 0.3) is 5.69 Å². The van der Waals surface area contributed by atoms with E-state index in [0.717, 1.165) is 19.4 Å². The third kappa shape index (κ3) is 4.31. The smallest absolute Gasteiger partial charge is 0.292 e. The van der Waals surface area contributed by atoms with Gasteiger partial charge in [-0.2, -0.15) is 0 Å². The lowest BCUT2D eigenvalue weighted by Crippen LogP contribution is -2.40. The van der Waals surface area contributed by atoms with Crippen molar-refractivity contribution in [3.8, 4) is 0 Å². The minimum absolute atomic E-state index is 0.0933. The Balaban J connectivity index is 2.73. The van der Waals surface area contributed by atoms with Crippen LogP contribution in [0.1, 0.15) is 26.7 Å². The van der Waals surface area contributed by atoms with E-state index in [1.54, 1.807) is 19.1 Å². The van der Waals surface area contributed by atoms with Crippen LogP contribution in [0.2, 0.25) is 0 Å². The Hall–Kier alpha value is -1.95. The van der Waals surface area contributed by atoms with E-state index in [1.807, 2.05) is 11.9 Å². The number of benzene rings is 1. The van der Waals surface area contributed by atoms with Crippen molar-refractivity contribution < 1.29 is 9.72 Å². The van der Waals surface area contributed by atoms with Gasteiger partial charge in [0.1, 0.15) is 5.69 Å². The van der Waals surface area contributed by atoms with E-state index in [-0.39, 0.29) is 23.3 Å². The maximum Gasteiger partial charge on any atom is 0.292 e. The number of carbonyl (C=O) groups is 1. The zero-order valence-electron chi connectivity index (χ0n) is 12.1. The molecule has 6 heteroatoms. The first-order valence-corrected chi connectivity index (χ1v) is 6.72. The van der Waals surface area contributed by atoms with Crippen LogP contribution in [-0.4, -0.2) is 35.4 Å². The van der Waals surface area contributed by atoms with E-state index in [2.05, 4.69) is 12.2 Å². The minimum atomic E-state index is -0.499. The Kier molecular flexibility index (Phi) is 6.11. The van der Waals surface area contributed by atoms with Gasteiger partial charge in [-0.25, -0.2) is 0 Å². The predicted octanol–water partition coefficient (Wildman–Crippen LogP) is 2.65. The monoisotopic (exact) mass is 279 g/mol. The van der Waals surface area contributed by atoms with Gasteiger partial charge >= 0.3 is 0 Å². The van der Waals surface area contributed by atoms with Gasteiger partial charge in [0, 0.05) is 6.07 Å². The van der Waals surface area contributed by atoms with Crippen LogP contribution in [0.4, 0.5) is 11.4 Å². The maximum atomic E-state index is 12.1. The van der Waals surface area contributed by atoms with Gasteiger partial charge in [-0.15, -0.1) is 0 Å². The molecule has 0 fully saturated rings. The normalized spacial score (nSPS) is 12.2. The highest BCUT2D eigenvalue weighted by molar-refractivity contribution is 5.96. The van der Waals surface area contributed by atoms with Crippen molar-refractivity contribution in [3.63, 3.8) is 0 Å². The Morgan fingerprint density at radius 2 is 2.10 bits per heavy atom. The topological polar surface area (TPSA) is 75.5 Å². The standard InChI is InChI=1S/C14H21N3O3/c1-4-5-10-16(3)11(2)14(18)15-12-8-6-7-9-13(12)17(19)20/h6-9,11H,4-5,10H2,1-3H3,(H,15,18). The number of nitro groups is 1. The van der Waals surface area contributed by atoms with Gasteiger partial charge in [0.05, 0.1) is 11.0 Å². The van der Waals surface area contributed by atoms with Crippen molar-refractivity contribution in [1.29, 1.82) is 0 Å². The van der Waals surface area contributed by atoms with Crippen LogP contribution in [0.3, 0.4) is 0 Å². The third-order valence-corrected chi connectivity index (χ3v) is 3.26. The number of nitrogens with one attached hydrogen (secondary N) is 1. The number of unbranched alkanes of at least 4 members (excludes halogenated alkanes) is 1. The van der Waals surface area contributed by atoms with E-state index in [0.29, 0.717) is 0 Å². The van der Waals surface area contributed by atoms with Crippen LogP contribution < -0.4 is 5.32 Å². The minimum Gasteiger partial charge on any atom is -0.319 e. The van der Waals surface area contributed by atoms with Crippen LogP contribution in [-0.2, 0) is 4.79 Å². The summed E-state index contributed by atoms with van der Waals surface area (Å²) < 4.78 is 0. The van der Waals surface area contributed by atoms with Gasteiger partial charge in [-0.05, 0) is 33.0 Å². The van der Waals surface area contributed by atoms with Gasteiger partial charge in [0.15, 0.2) is 0 Å². The molecule has 0 aliphatic rings. The molecule has 0 bridgehead atoms. The number of hydrogen-bond donors (Lipinski definition) is 1. The first kappa shape index (κ1) is 16.1. The Morgan fingerprint density at radius 3 is 2.70 bits per heavy atom. The Morgan fingerprint density at radius 1 is 1.45 bits per heavy atom. The average molecular weight is 279 g/mol. The van der Waals surface area contributed by atoms with Crippen LogP contribution >= 0.6 is 0 Å². The molecule has 1 rings (SSSR count). The fourth-order valence-electron chi connectivity index (χ4n) is 1.78. The van der Waals surface area contributed by atoms with E-state index < -0.39 is 4.92 Å². The molecule has 1 N–H and O–H groups in total. The van der Waals surface area contributed by atoms with Crippen LogP contribution in [0.5, 0.6) is 0 Å². The largest absolute Gasteiger partial charge is 0.319 e. The van der Waals surface area contributed by atoms with Crippen molar-refractivity contribution in [3.05, 3.63) is 34.4 Å². The SMILES string of the molecule is CCCCN(C)C(C)C(=O)Nc1ccccc1[N+](=O)[O-]. The van der Waals surface area contributed by atoms with Crippen molar-refractivity contribution in [2.75, 3.05) is 18.9 Å². The Labute approximate surface area is 118 Å². The summed E-state index contributed by atoms with van der Waals surface area (Å²) in [5.41, 5.74) is 0.141. The highest BCUT2D eigenvalue weighted by Gasteiger charge is 2.21. The number of hydrogen-bond acceptors (Lipinski definition) is 4. The lowest BCUT2D eigenvalue weighted by molar-refractivity contribution is -0.383. The number of amides is 1. The molecular weight excluding hydrogens is 258 g/mol. The molecule has 1 amide bonds. The molecule has 0 aliphatic carbocycles. The number of rotatable bonds is 7. The fraction of sp³-hybridized carbons (Fsp3) is 0.500. The van der Waals surface area contributed by atoms with Gasteiger partial charge in [0.2, 0.25) is 5.91 Å². The van der Waals surface area contributed by atoms with E-state index in [4.69, 9.17) is 0 Å². The molecule has 1 aromatic carbocycles. The van der Waals surface area contributed by atoms with Crippen molar-refractivity contribution in [1.82, 2.24) is 4.90 Å². The van der Waals surface area contributed by atoms with Crippen LogP contribution in [0.15, 0.2) is 24.3 Å². The van der Waals surface area contributed by atoms with Gasteiger partial charge < -0.3 is 5.32 Å². The summed E-state index contributed by atoms with van der Waals surface area (Å²) in [5, 5.41) is 13.5. The summed E-state index contributed by atoms with van der Waals surface area (Å²) in [6.07, 6.45) is 2.07.